The van der Waals surface area contributed by atoms with Crippen LogP contribution in [-0.4, -0.2) is 16.8 Å². The summed E-state index contributed by atoms with van der Waals surface area (Å²) in [6.07, 6.45) is 0. The highest BCUT2D eigenvalue weighted by Gasteiger charge is 2.10. The van der Waals surface area contributed by atoms with Gasteiger partial charge in [0.05, 0.1) is 10.2 Å². The van der Waals surface area contributed by atoms with Gasteiger partial charge in [0.15, 0.2) is 5.13 Å². The van der Waals surface area contributed by atoms with Gasteiger partial charge in [0.2, 0.25) is 5.91 Å². The number of nitrogens with one attached hydrogen (secondary N) is 2. The average molecular weight is 325 g/mol. The summed E-state index contributed by atoms with van der Waals surface area (Å²) in [6.45, 7) is 3.35. The highest BCUT2D eigenvalue weighted by atomic mass is 32.1. The lowest BCUT2D eigenvalue weighted by Gasteiger charge is -2.07. The molecular formula is C17H15N3O2S. The van der Waals surface area contributed by atoms with Crippen molar-refractivity contribution < 1.29 is 9.59 Å². The topological polar surface area (TPSA) is 71.1 Å². The first-order valence-corrected chi connectivity index (χ1v) is 7.90. The van der Waals surface area contributed by atoms with Crippen LogP contribution >= 0.6 is 11.3 Å². The van der Waals surface area contributed by atoms with E-state index in [9.17, 15) is 9.59 Å². The smallest absolute Gasteiger partial charge is 0.255 e. The molecule has 0 radical (unpaired) electrons. The second-order valence-electron chi connectivity index (χ2n) is 5.15. The Balaban J connectivity index is 1.84. The number of hydrogen-bond acceptors (Lipinski definition) is 4. The highest BCUT2D eigenvalue weighted by molar-refractivity contribution is 7.22. The van der Waals surface area contributed by atoms with Gasteiger partial charge in [-0.25, -0.2) is 4.98 Å². The Bertz CT molecular complexity index is 902. The van der Waals surface area contributed by atoms with E-state index >= 15 is 0 Å². The maximum atomic E-state index is 12.3. The molecule has 0 bridgehead atoms. The SMILES string of the molecule is CC(=O)Nc1nc2ccc(NC(=O)c3ccccc3C)cc2s1. The van der Waals surface area contributed by atoms with Gasteiger partial charge in [0.1, 0.15) is 0 Å². The summed E-state index contributed by atoms with van der Waals surface area (Å²) in [5, 5.41) is 6.11. The molecule has 1 heterocycles. The molecule has 0 saturated carbocycles. The van der Waals surface area contributed by atoms with Gasteiger partial charge in [-0.1, -0.05) is 29.5 Å². The maximum Gasteiger partial charge on any atom is 0.255 e. The van der Waals surface area contributed by atoms with Gasteiger partial charge in [-0.3, -0.25) is 9.59 Å². The first kappa shape index (κ1) is 15.2. The normalized spacial score (nSPS) is 10.5. The lowest BCUT2D eigenvalue weighted by Crippen LogP contribution is -2.13. The number of carbonyl (C=O) groups excluding carboxylic acids is 2. The molecule has 0 aliphatic rings. The van der Waals surface area contributed by atoms with Gasteiger partial charge in [-0.2, -0.15) is 0 Å². The Labute approximate surface area is 137 Å². The molecule has 5 nitrogen and oxygen atoms in total. The van der Waals surface area contributed by atoms with Crippen LogP contribution < -0.4 is 10.6 Å². The van der Waals surface area contributed by atoms with Gasteiger partial charge >= 0.3 is 0 Å². The minimum Gasteiger partial charge on any atom is -0.322 e. The molecule has 3 rings (SSSR count). The fourth-order valence-corrected chi connectivity index (χ4v) is 3.18. The molecule has 0 aliphatic heterocycles. The van der Waals surface area contributed by atoms with Crippen molar-refractivity contribution in [3.63, 3.8) is 0 Å². The molecule has 0 fully saturated rings. The fourth-order valence-electron chi connectivity index (χ4n) is 2.23. The van der Waals surface area contributed by atoms with Gasteiger partial charge < -0.3 is 10.6 Å². The minimum atomic E-state index is -0.155. The van der Waals surface area contributed by atoms with Crippen LogP contribution in [0.4, 0.5) is 10.8 Å². The molecule has 2 N–H and O–H groups in total. The van der Waals surface area contributed by atoms with Crippen LogP contribution in [0.25, 0.3) is 10.2 Å². The first-order valence-electron chi connectivity index (χ1n) is 7.08. The monoisotopic (exact) mass is 325 g/mol. The van der Waals surface area contributed by atoms with Crippen LogP contribution in [0, 0.1) is 6.92 Å². The molecule has 0 saturated heterocycles. The number of thiazole rings is 1. The van der Waals surface area contributed by atoms with E-state index in [0.29, 0.717) is 16.4 Å². The van der Waals surface area contributed by atoms with E-state index in [-0.39, 0.29) is 11.8 Å². The molecule has 116 valence electrons. The van der Waals surface area contributed by atoms with Crippen LogP contribution in [0.5, 0.6) is 0 Å². The maximum absolute atomic E-state index is 12.3. The molecule has 6 heteroatoms. The number of amides is 2. The van der Waals surface area contributed by atoms with Crippen molar-refractivity contribution in [1.82, 2.24) is 4.98 Å². The zero-order valence-electron chi connectivity index (χ0n) is 12.7. The third-order valence-corrected chi connectivity index (χ3v) is 4.25. The summed E-state index contributed by atoms with van der Waals surface area (Å²) in [6, 6.07) is 12.9. The Morgan fingerprint density at radius 2 is 1.87 bits per heavy atom. The molecule has 0 atom stereocenters. The summed E-state index contributed by atoms with van der Waals surface area (Å²) in [5.74, 6) is -0.300. The zero-order chi connectivity index (χ0) is 16.4. The number of aryl methyl sites for hydroxylation is 1. The fraction of sp³-hybridized carbons (Fsp3) is 0.118. The summed E-state index contributed by atoms with van der Waals surface area (Å²) < 4.78 is 0.899. The van der Waals surface area contributed by atoms with Gasteiger partial charge in [0, 0.05) is 18.2 Å². The molecule has 0 spiro atoms. The van der Waals surface area contributed by atoms with Crippen LogP contribution in [0.1, 0.15) is 22.8 Å². The number of aromatic nitrogens is 1. The lowest BCUT2D eigenvalue weighted by atomic mass is 10.1. The largest absolute Gasteiger partial charge is 0.322 e. The average Bonchev–Trinajstić information content (AvgIpc) is 2.88. The van der Waals surface area contributed by atoms with E-state index in [1.54, 1.807) is 12.1 Å². The van der Waals surface area contributed by atoms with Crippen molar-refractivity contribution in [2.45, 2.75) is 13.8 Å². The minimum absolute atomic E-state index is 0.144. The Morgan fingerprint density at radius 1 is 1.09 bits per heavy atom. The number of carbonyl (C=O) groups is 2. The van der Waals surface area contributed by atoms with E-state index in [4.69, 9.17) is 0 Å². The van der Waals surface area contributed by atoms with Crippen molar-refractivity contribution in [3.8, 4) is 0 Å². The highest BCUT2D eigenvalue weighted by Crippen LogP contribution is 2.28. The molecule has 1 aromatic heterocycles. The van der Waals surface area contributed by atoms with Crippen molar-refractivity contribution in [2.24, 2.45) is 0 Å². The summed E-state index contributed by atoms with van der Waals surface area (Å²) >= 11 is 1.37. The Morgan fingerprint density at radius 3 is 2.61 bits per heavy atom. The summed E-state index contributed by atoms with van der Waals surface area (Å²) in [5.41, 5.74) is 3.06. The van der Waals surface area contributed by atoms with Crippen LogP contribution in [-0.2, 0) is 4.79 Å². The Kier molecular flexibility index (Phi) is 4.08. The molecule has 0 aliphatic carbocycles. The van der Waals surface area contributed by atoms with Gasteiger partial charge in [-0.15, -0.1) is 0 Å². The third-order valence-electron chi connectivity index (χ3n) is 3.32. The summed E-state index contributed by atoms with van der Waals surface area (Å²) in [7, 11) is 0. The van der Waals surface area contributed by atoms with Crippen LogP contribution in [0.3, 0.4) is 0 Å². The predicted molar refractivity (Wildman–Crippen MR) is 93.1 cm³/mol. The van der Waals surface area contributed by atoms with Crippen molar-refractivity contribution in [3.05, 3.63) is 53.6 Å². The number of fused-ring (bicyclic) bond motifs is 1. The van der Waals surface area contributed by atoms with E-state index in [1.807, 2.05) is 37.3 Å². The van der Waals surface area contributed by atoms with Crippen molar-refractivity contribution >= 4 is 44.2 Å². The van der Waals surface area contributed by atoms with Gasteiger partial charge in [-0.05, 0) is 36.8 Å². The number of benzene rings is 2. The number of anilines is 2. The molecule has 23 heavy (non-hydrogen) atoms. The summed E-state index contributed by atoms with van der Waals surface area (Å²) in [4.78, 5) is 27.8. The molecule has 2 amide bonds. The standard InChI is InChI=1S/C17H15N3O2S/c1-10-5-3-4-6-13(10)16(22)19-12-7-8-14-15(9-12)23-17(20-14)18-11(2)21/h3-9H,1-2H3,(H,19,22)(H,18,20,21). The second-order valence-corrected chi connectivity index (χ2v) is 6.18. The van der Waals surface area contributed by atoms with Gasteiger partial charge in [0.25, 0.3) is 5.91 Å². The zero-order valence-corrected chi connectivity index (χ0v) is 13.5. The lowest BCUT2D eigenvalue weighted by molar-refractivity contribution is -0.114. The number of rotatable bonds is 3. The Hall–Kier alpha value is -2.73. The second kappa shape index (κ2) is 6.18. The predicted octanol–water partition coefficient (Wildman–Crippen LogP) is 3.82. The number of hydrogen-bond donors (Lipinski definition) is 2. The van der Waals surface area contributed by atoms with E-state index in [1.165, 1.54) is 18.3 Å². The van der Waals surface area contributed by atoms with E-state index in [2.05, 4.69) is 15.6 Å². The van der Waals surface area contributed by atoms with Crippen LogP contribution in [0.2, 0.25) is 0 Å². The number of nitrogens with zero attached hydrogens (tertiary/aromatic N) is 1. The van der Waals surface area contributed by atoms with Crippen molar-refractivity contribution in [1.29, 1.82) is 0 Å². The molecule has 3 aromatic rings. The van der Waals surface area contributed by atoms with E-state index < -0.39 is 0 Å². The first-order chi connectivity index (χ1) is 11.0. The van der Waals surface area contributed by atoms with Crippen molar-refractivity contribution in [2.75, 3.05) is 10.6 Å². The molecule has 0 unspecified atom stereocenters. The molecule has 2 aromatic carbocycles. The van der Waals surface area contributed by atoms with Crippen LogP contribution in [0.15, 0.2) is 42.5 Å². The molecular weight excluding hydrogens is 310 g/mol. The quantitative estimate of drug-likeness (QED) is 0.769. The third kappa shape index (κ3) is 3.37. The van der Waals surface area contributed by atoms with E-state index in [0.717, 1.165) is 15.8 Å².